The number of benzene rings is 1. The molecule has 5 rings (SSSR count). The van der Waals surface area contributed by atoms with Crippen molar-refractivity contribution in [2.45, 2.75) is 77.6 Å². The molecule has 0 amide bonds. The van der Waals surface area contributed by atoms with Crippen molar-refractivity contribution in [3.05, 3.63) is 41.2 Å². The first-order valence-corrected chi connectivity index (χ1v) is 12.4. The summed E-state index contributed by atoms with van der Waals surface area (Å²) in [4.78, 5) is 16.9. The zero-order chi connectivity index (χ0) is 21.0. The van der Waals surface area contributed by atoms with Gasteiger partial charge in [-0.05, 0) is 107 Å². The molecule has 2 aliphatic carbocycles. The van der Waals surface area contributed by atoms with Crippen LogP contribution in [0.1, 0.15) is 76.7 Å². The summed E-state index contributed by atoms with van der Waals surface area (Å²) in [5.41, 5.74) is 9.55. The monoisotopic (exact) mass is 416 g/mol. The van der Waals surface area contributed by atoms with Crippen molar-refractivity contribution in [1.82, 2.24) is 9.97 Å². The predicted octanol–water partition coefficient (Wildman–Crippen LogP) is 6.29. The van der Waals surface area contributed by atoms with Crippen LogP contribution in [0.15, 0.2) is 40.7 Å². The van der Waals surface area contributed by atoms with Crippen molar-refractivity contribution in [1.29, 1.82) is 0 Å². The average molecular weight is 417 g/mol. The number of piperidine rings is 1. The lowest BCUT2D eigenvalue weighted by molar-refractivity contribution is 0.440. The minimum atomic E-state index is 0.730. The van der Waals surface area contributed by atoms with Crippen molar-refractivity contribution in [3.63, 3.8) is 0 Å². The molecule has 0 bridgehead atoms. The van der Waals surface area contributed by atoms with E-state index in [1.165, 1.54) is 94.3 Å². The quantitative estimate of drug-likeness (QED) is 0.538. The van der Waals surface area contributed by atoms with Gasteiger partial charge >= 0.3 is 0 Å². The molecule has 0 N–H and O–H groups in total. The Kier molecular flexibility index (Phi) is 6.33. The largest absolute Gasteiger partial charge is 0.371 e. The molecule has 1 aromatic heterocycles. The van der Waals surface area contributed by atoms with E-state index >= 15 is 0 Å². The van der Waals surface area contributed by atoms with Crippen LogP contribution in [-0.2, 0) is 6.42 Å². The fourth-order valence-corrected chi connectivity index (χ4v) is 5.68. The molecular formula is C27H36N4. The summed E-state index contributed by atoms with van der Waals surface area (Å²) in [5, 5.41) is 0. The molecule has 4 heteroatoms. The van der Waals surface area contributed by atoms with Gasteiger partial charge < -0.3 is 4.90 Å². The number of aromatic nitrogens is 2. The third-order valence-electron chi connectivity index (χ3n) is 7.68. The van der Waals surface area contributed by atoms with Crippen molar-refractivity contribution in [2.24, 2.45) is 10.9 Å². The van der Waals surface area contributed by atoms with Gasteiger partial charge in [-0.25, -0.2) is 0 Å². The second-order valence-corrected chi connectivity index (χ2v) is 9.84. The topological polar surface area (TPSA) is 41.4 Å². The molecule has 0 spiro atoms. The summed E-state index contributed by atoms with van der Waals surface area (Å²) < 4.78 is 0. The van der Waals surface area contributed by atoms with Gasteiger partial charge in [-0.15, -0.1) is 0 Å². The van der Waals surface area contributed by atoms with Crippen LogP contribution in [-0.4, -0.2) is 35.3 Å². The van der Waals surface area contributed by atoms with Crippen LogP contribution >= 0.6 is 0 Å². The highest BCUT2D eigenvalue weighted by Gasteiger charge is 2.21. The van der Waals surface area contributed by atoms with E-state index in [2.05, 4.69) is 28.9 Å². The van der Waals surface area contributed by atoms with Crippen LogP contribution in [0.25, 0.3) is 11.0 Å². The SMILES string of the molecule is CC1=C(CN=C2CCC(Cc3cc(N4CCCCC4)cc4nccnc34)CC2)CCC1. The van der Waals surface area contributed by atoms with Crippen LogP contribution in [0.3, 0.4) is 0 Å². The van der Waals surface area contributed by atoms with Gasteiger partial charge in [0, 0.05) is 36.9 Å². The van der Waals surface area contributed by atoms with Gasteiger partial charge in [0.1, 0.15) is 0 Å². The highest BCUT2D eigenvalue weighted by atomic mass is 15.1. The highest BCUT2D eigenvalue weighted by Crippen LogP contribution is 2.32. The Labute approximate surface area is 186 Å². The van der Waals surface area contributed by atoms with Gasteiger partial charge in [0.25, 0.3) is 0 Å². The van der Waals surface area contributed by atoms with Gasteiger partial charge in [0.05, 0.1) is 17.6 Å². The average Bonchev–Trinajstić information content (AvgIpc) is 3.24. The smallest absolute Gasteiger partial charge is 0.0920 e. The lowest BCUT2D eigenvalue weighted by atomic mass is 9.83. The summed E-state index contributed by atoms with van der Waals surface area (Å²) in [6.07, 6.45) is 17.5. The van der Waals surface area contributed by atoms with Gasteiger partial charge in [-0.1, -0.05) is 5.57 Å². The molecule has 1 aromatic carbocycles. The first-order valence-electron chi connectivity index (χ1n) is 12.4. The van der Waals surface area contributed by atoms with E-state index < -0.39 is 0 Å². The highest BCUT2D eigenvalue weighted by molar-refractivity contribution is 5.85. The molecule has 164 valence electrons. The normalized spacial score (nSPS) is 22.4. The lowest BCUT2D eigenvalue weighted by Crippen LogP contribution is -2.29. The third kappa shape index (κ3) is 4.83. The summed E-state index contributed by atoms with van der Waals surface area (Å²) in [6, 6.07) is 4.67. The summed E-state index contributed by atoms with van der Waals surface area (Å²) in [7, 11) is 0. The standard InChI is InChI=1S/C27H36N4/c1-20-6-5-7-22(20)19-30-24-10-8-21(9-11-24)16-23-17-25(31-14-3-2-4-15-31)18-26-27(23)29-13-12-28-26/h12-13,17-18,21H,2-11,14-16,19H2,1H3. The molecule has 4 nitrogen and oxygen atoms in total. The number of fused-ring (bicyclic) bond motifs is 1. The molecule has 2 heterocycles. The molecule has 0 atom stereocenters. The molecule has 2 aromatic rings. The second kappa shape index (κ2) is 9.50. The lowest BCUT2D eigenvalue weighted by Gasteiger charge is -2.30. The fraction of sp³-hybridized carbons (Fsp3) is 0.593. The number of rotatable bonds is 5. The van der Waals surface area contributed by atoms with E-state index in [9.17, 15) is 0 Å². The van der Waals surface area contributed by atoms with E-state index in [0.29, 0.717) is 0 Å². The van der Waals surface area contributed by atoms with E-state index in [1.807, 2.05) is 12.4 Å². The van der Waals surface area contributed by atoms with Crippen molar-refractivity contribution < 1.29 is 0 Å². The maximum absolute atomic E-state index is 5.01. The molecule has 31 heavy (non-hydrogen) atoms. The Bertz CT molecular complexity index is 974. The zero-order valence-electron chi connectivity index (χ0n) is 19.1. The second-order valence-electron chi connectivity index (χ2n) is 9.84. The molecule has 2 fully saturated rings. The number of nitrogens with zero attached hydrogens (tertiary/aromatic N) is 4. The minimum Gasteiger partial charge on any atom is -0.371 e. The molecule has 1 saturated carbocycles. The zero-order valence-corrected chi connectivity index (χ0v) is 19.1. The molecule has 0 radical (unpaired) electrons. The third-order valence-corrected chi connectivity index (χ3v) is 7.68. The number of anilines is 1. The van der Waals surface area contributed by atoms with Crippen molar-refractivity contribution in [2.75, 3.05) is 24.5 Å². The van der Waals surface area contributed by atoms with Gasteiger partial charge in [-0.3, -0.25) is 15.0 Å². The Morgan fingerprint density at radius 3 is 2.52 bits per heavy atom. The minimum absolute atomic E-state index is 0.730. The molecule has 1 saturated heterocycles. The van der Waals surface area contributed by atoms with Crippen LogP contribution in [0.5, 0.6) is 0 Å². The Morgan fingerprint density at radius 1 is 0.935 bits per heavy atom. The van der Waals surface area contributed by atoms with E-state index in [0.717, 1.165) is 29.9 Å². The van der Waals surface area contributed by atoms with Gasteiger partial charge in [-0.2, -0.15) is 0 Å². The molecule has 1 aliphatic heterocycles. The first kappa shape index (κ1) is 20.7. The number of hydrogen-bond donors (Lipinski definition) is 0. The number of hydrogen-bond acceptors (Lipinski definition) is 4. The first-order chi connectivity index (χ1) is 15.3. The summed E-state index contributed by atoms with van der Waals surface area (Å²) in [5.74, 6) is 0.730. The molecule has 0 unspecified atom stereocenters. The van der Waals surface area contributed by atoms with Crippen molar-refractivity contribution in [3.8, 4) is 0 Å². The molecular weight excluding hydrogens is 380 g/mol. The summed E-state index contributed by atoms with van der Waals surface area (Å²) in [6.45, 7) is 5.60. The van der Waals surface area contributed by atoms with E-state index in [-0.39, 0.29) is 0 Å². The van der Waals surface area contributed by atoms with Crippen LogP contribution in [0, 0.1) is 5.92 Å². The van der Waals surface area contributed by atoms with E-state index in [4.69, 9.17) is 9.98 Å². The predicted molar refractivity (Wildman–Crippen MR) is 130 cm³/mol. The van der Waals surface area contributed by atoms with Crippen LogP contribution in [0.4, 0.5) is 5.69 Å². The van der Waals surface area contributed by atoms with Crippen LogP contribution < -0.4 is 4.90 Å². The van der Waals surface area contributed by atoms with Crippen LogP contribution in [0.2, 0.25) is 0 Å². The maximum atomic E-state index is 5.01. The van der Waals surface area contributed by atoms with Gasteiger partial charge in [0.2, 0.25) is 0 Å². The van der Waals surface area contributed by atoms with Crippen molar-refractivity contribution >= 4 is 22.4 Å². The number of allylic oxidation sites excluding steroid dienone is 1. The summed E-state index contributed by atoms with van der Waals surface area (Å²) >= 11 is 0. The molecule has 3 aliphatic rings. The number of aliphatic imine (C=N–C) groups is 1. The van der Waals surface area contributed by atoms with Gasteiger partial charge in [0.15, 0.2) is 0 Å². The Morgan fingerprint density at radius 2 is 1.74 bits per heavy atom. The Hall–Kier alpha value is -2.23. The fourth-order valence-electron chi connectivity index (χ4n) is 5.68. The maximum Gasteiger partial charge on any atom is 0.0920 e. The van der Waals surface area contributed by atoms with E-state index in [1.54, 1.807) is 11.1 Å². The Balaban J connectivity index is 1.27.